The fourth-order valence-electron chi connectivity index (χ4n) is 3.07. The number of carbonyl (C=O) groups is 1. The third-order valence-electron chi connectivity index (χ3n) is 4.35. The van der Waals surface area contributed by atoms with Gasteiger partial charge in [-0.25, -0.2) is 0 Å². The number of likely N-dealkylation sites (N-methyl/N-ethyl adjacent to an activating group) is 1. The van der Waals surface area contributed by atoms with Crippen LogP contribution in [0.15, 0.2) is 47.0 Å². The molecule has 0 spiro atoms. The van der Waals surface area contributed by atoms with E-state index in [4.69, 9.17) is 9.26 Å². The molecule has 3 rings (SSSR count). The van der Waals surface area contributed by atoms with E-state index in [0.717, 1.165) is 22.3 Å². The third kappa shape index (κ3) is 4.76. The number of carbonyl (C=O) groups excluding carboxylic acids is 1. The maximum Gasteiger partial charge on any atom is 0.263 e. The standard InChI is InChI=1S/C22H25N3O3/c1-14-7-6-8-18(10-14)21-23-20(28-24-21)13-25(5)22(26)17(4)27-19-11-15(2)9-16(3)12-19/h6-12,17H,13H2,1-5H3/t17-/m1/s1. The topological polar surface area (TPSA) is 68.5 Å². The van der Waals surface area contributed by atoms with Crippen LogP contribution in [-0.4, -0.2) is 34.1 Å². The van der Waals surface area contributed by atoms with Crippen LogP contribution in [0.25, 0.3) is 11.4 Å². The van der Waals surface area contributed by atoms with Crippen molar-refractivity contribution in [3.05, 3.63) is 65.0 Å². The molecule has 0 aliphatic heterocycles. The van der Waals surface area contributed by atoms with Crippen LogP contribution in [0.1, 0.15) is 29.5 Å². The fourth-order valence-corrected chi connectivity index (χ4v) is 3.07. The second-order valence-corrected chi connectivity index (χ2v) is 7.16. The van der Waals surface area contributed by atoms with Crippen LogP contribution in [0, 0.1) is 20.8 Å². The maximum atomic E-state index is 12.7. The van der Waals surface area contributed by atoms with E-state index in [-0.39, 0.29) is 12.5 Å². The van der Waals surface area contributed by atoms with Crippen molar-refractivity contribution in [2.45, 2.75) is 40.3 Å². The second kappa shape index (κ2) is 8.25. The third-order valence-corrected chi connectivity index (χ3v) is 4.35. The largest absolute Gasteiger partial charge is 0.481 e. The number of ether oxygens (including phenoxy) is 1. The summed E-state index contributed by atoms with van der Waals surface area (Å²) in [5, 5.41) is 4.02. The predicted octanol–water partition coefficient (Wildman–Crippen LogP) is 4.09. The minimum atomic E-state index is -0.620. The summed E-state index contributed by atoms with van der Waals surface area (Å²) in [7, 11) is 1.69. The molecule has 0 aliphatic rings. The molecule has 0 unspecified atom stereocenters. The molecule has 0 N–H and O–H groups in total. The molecule has 146 valence electrons. The highest BCUT2D eigenvalue weighted by Crippen LogP contribution is 2.19. The number of aryl methyl sites for hydroxylation is 3. The zero-order chi connectivity index (χ0) is 20.3. The van der Waals surface area contributed by atoms with Gasteiger partial charge in [-0.05, 0) is 57.0 Å². The van der Waals surface area contributed by atoms with Gasteiger partial charge >= 0.3 is 0 Å². The van der Waals surface area contributed by atoms with E-state index in [1.807, 2.05) is 57.2 Å². The quantitative estimate of drug-likeness (QED) is 0.645. The minimum absolute atomic E-state index is 0.158. The smallest absolute Gasteiger partial charge is 0.263 e. The molecule has 1 atom stereocenters. The number of hydrogen-bond acceptors (Lipinski definition) is 5. The summed E-state index contributed by atoms with van der Waals surface area (Å²) in [4.78, 5) is 18.6. The van der Waals surface area contributed by atoms with E-state index in [0.29, 0.717) is 17.5 Å². The van der Waals surface area contributed by atoms with Gasteiger partial charge in [0.25, 0.3) is 5.91 Å². The Hall–Kier alpha value is -3.15. The zero-order valence-corrected chi connectivity index (χ0v) is 16.9. The number of benzene rings is 2. The highest BCUT2D eigenvalue weighted by Gasteiger charge is 2.21. The van der Waals surface area contributed by atoms with Crippen molar-refractivity contribution in [3.8, 4) is 17.1 Å². The number of amides is 1. The van der Waals surface area contributed by atoms with Gasteiger partial charge in [-0.15, -0.1) is 0 Å². The molecular weight excluding hydrogens is 354 g/mol. The van der Waals surface area contributed by atoms with E-state index in [2.05, 4.69) is 16.2 Å². The summed E-state index contributed by atoms with van der Waals surface area (Å²) in [5.74, 6) is 1.42. The van der Waals surface area contributed by atoms with Crippen LogP contribution in [0.2, 0.25) is 0 Å². The van der Waals surface area contributed by atoms with Crippen molar-refractivity contribution in [1.82, 2.24) is 15.0 Å². The Bertz CT molecular complexity index is 960. The first-order valence-corrected chi connectivity index (χ1v) is 9.21. The van der Waals surface area contributed by atoms with Crippen LogP contribution in [0.3, 0.4) is 0 Å². The summed E-state index contributed by atoms with van der Waals surface area (Å²) in [5.41, 5.74) is 4.19. The molecule has 3 aromatic rings. The Morgan fingerprint density at radius 3 is 2.50 bits per heavy atom. The van der Waals surface area contributed by atoms with E-state index in [1.54, 1.807) is 14.0 Å². The molecule has 6 heteroatoms. The Kier molecular flexibility index (Phi) is 5.78. The number of rotatable bonds is 6. The summed E-state index contributed by atoms with van der Waals surface area (Å²) in [6, 6.07) is 13.8. The van der Waals surface area contributed by atoms with Crippen molar-refractivity contribution in [2.24, 2.45) is 0 Å². The zero-order valence-electron chi connectivity index (χ0n) is 16.9. The molecule has 0 bridgehead atoms. The fraction of sp³-hybridized carbons (Fsp3) is 0.318. The van der Waals surface area contributed by atoms with Gasteiger partial charge < -0.3 is 14.2 Å². The van der Waals surface area contributed by atoms with Crippen molar-refractivity contribution in [3.63, 3.8) is 0 Å². The van der Waals surface area contributed by atoms with E-state index in [9.17, 15) is 4.79 Å². The maximum absolute atomic E-state index is 12.7. The molecule has 1 heterocycles. The van der Waals surface area contributed by atoms with Crippen LogP contribution < -0.4 is 4.74 Å². The Morgan fingerprint density at radius 2 is 1.82 bits per heavy atom. The lowest BCUT2D eigenvalue weighted by Gasteiger charge is -2.21. The summed E-state index contributed by atoms with van der Waals surface area (Å²) >= 11 is 0. The summed E-state index contributed by atoms with van der Waals surface area (Å²) < 4.78 is 11.1. The number of aromatic nitrogens is 2. The van der Waals surface area contributed by atoms with Crippen molar-refractivity contribution < 1.29 is 14.1 Å². The second-order valence-electron chi connectivity index (χ2n) is 7.16. The van der Waals surface area contributed by atoms with Gasteiger partial charge in [0, 0.05) is 12.6 Å². The highest BCUT2D eigenvalue weighted by atomic mass is 16.5. The van der Waals surface area contributed by atoms with Crippen molar-refractivity contribution in [1.29, 1.82) is 0 Å². The number of nitrogens with zero attached hydrogens (tertiary/aromatic N) is 3. The Balaban J connectivity index is 1.64. The van der Waals surface area contributed by atoms with Gasteiger partial charge in [0.05, 0.1) is 6.54 Å². The molecule has 0 aliphatic carbocycles. The highest BCUT2D eigenvalue weighted by molar-refractivity contribution is 5.80. The van der Waals surface area contributed by atoms with Gasteiger partial charge in [-0.2, -0.15) is 4.98 Å². The first kappa shape index (κ1) is 19.6. The average molecular weight is 379 g/mol. The lowest BCUT2D eigenvalue weighted by Crippen LogP contribution is -2.37. The molecule has 1 amide bonds. The lowest BCUT2D eigenvalue weighted by molar-refractivity contribution is -0.137. The molecule has 0 saturated heterocycles. The average Bonchev–Trinajstić information content (AvgIpc) is 3.08. The van der Waals surface area contributed by atoms with E-state index in [1.165, 1.54) is 4.90 Å². The van der Waals surface area contributed by atoms with Crippen LogP contribution in [-0.2, 0) is 11.3 Å². The molecule has 2 aromatic carbocycles. The molecule has 1 aromatic heterocycles. The van der Waals surface area contributed by atoms with Crippen LogP contribution in [0.4, 0.5) is 0 Å². The SMILES string of the molecule is Cc1cc(C)cc(O[C@H](C)C(=O)N(C)Cc2nc(-c3cccc(C)c3)no2)c1. The monoisotopic (exact) mass is 379 g/mol. The first-order valence-electron chi connectivity index (χ1n) is 9.21. The summed E-state index contributed by atoms with van der Waals surface area (Å²) in [6.45, 7) is 7.97. The lowest BCUT2D eigenvalue weighted by atomic mass is 10.1. The first-order chi connectivity index (χ1) is 13.3. The molecule has 0 fully saturated rings. The van der Waals surface area contributed by atoms with Gasteiger partial charge in [-0.1, -0.05) is 35.0 Å². The van der Waals surface area contributed by atoms with Crippen LogP contribution >= 0.6 is 0 Å². The molecule has 6 nitrogen and oxygen atoms in total. The number of hydrogen-bond donors (Lipinski definition) is 0. The molecule has 0 radical (unpaired) electrons. The Morgan fingerprint density at radius 1 is 1.11 bits per heavy atom. The predicted molar refractivity (Wildman–Crippen MR) is 107 cm³/mol. The minimum Gasteiger partial charge on any atom is -0.481 e. The molecule has 28 heavy (non-hydrogen) atoms. The molecular formula is C22H25N3O3. The molecule has 0 saturated carbocycles. The van der Waals surface area contributed by atoms with Gasteiger partial charge in [-0.3, -0.25) is 4.79 Å². The van der Waals surface area contributed by atoms with Crippen molar-refractivity contribution in [2.75, 3.05) is 7.05 Å². The van der Waals surface area contributed by atoms with Crippen LogP contribution in [0.5, 0.6) is 5.75 Å². The van der Waals surface area contributed by atoms with Gasteiger partial charge in [0.2, 0.25) is 11.7 Å². The Labute approximate surface area is 165 Å². The summed E-state index contributed by atoms with van der Waals surface area (Å²) in [6.07, 6.45) is -0.620. The van der Waals surface area contributed by atoms with Crippen molar-refractivity contribution >= 4 is 5.91 Å². The normalized spacial score (nSPS) is 11.9. The van der Waals surface area contributed by atoms with E-state index >= 15 is 0 Å². The van der Waals surface area contributed by atoms with E-state index < -0.39 is 6.10 Å². The van der Waals surface area contributed by atoms with Gasteiger partial charge in [0.15, 0.2) is 6.10 Å². The van der Waals surface area contributed by atoms with Gasteiger partial charge in [0.1, 0.15) is 5.75 Å².